The van der Waals surface area contributed by atoms with E-state index in [0.29, 0.717) is 5.92 Å². The third kappa shape index (κ3) is 2.45. The van der Waals surface area contributed by atoms with Crippen LogP contribution in [-0.4, -0.2) is 13.1 Å². The van der Waals surface area contributed by atoms with Crippen LogP contribution < -0.4 is 5.32 Å². The van der Waals surface area contributed by atoms with Crippen LogP contribution in [0.2, 0.25) is 0 Å². The monoisotopic (exact) mass is 305 g/mol. The highest BCUT2D eigenvalue weighted by atomic mass is 127. The smallest absolute Gasteiger partial charge is 0.124 e. The van der Waals surface area contributed by atoms with E-state index < -0.39 is 0 Å². The van der Waals surface area contributed by atoms with Gasteiger partial charge in [0.15, 0.2) is 0 Å². The first-order chi connectivity index (χ1) is 6.75. The summed E-state index contributed by atoms with van der Waals surface area (Å²) in [4.78, 5) is 0. The van der Waals surface area contributed by atoms with E-state index in [2.05, 4.69) is 34.0 Å². The van der Waals surface area contributed by atoms with Crippen LogP contribution in [0.4, 0.5) is 4.39 Å². The van der Waals surface area contributed by atoms with E-state index >= 15 is 0 Å². The van der Waals surface area contributed by atoms with E-state index in [1.165, 1.54) is 12.8 Å². The minimum atomic E-state index is -0.113. The number of nitrogens with one attached hydrogen (secondary N) is 1. The SMILES string of the molecule is Fc1cc(I)cc(C2CCCNC2)c1. The van der Waals surface area contributed by atoms with E-state index in [9.17, 15) is 4.39 Å². The van der Waals surface area contributed by atoms with Gasteiger partial charge in [-0.25, -0.2) is 4.39 Å². The highest BCUT2D eigenvalue weighted by molar-refractivity contribution is 14.1. The van der Waals surface area contributed by atoms with Crippen molar-refractivity contribution in [1.29, 1.82) is 0 Å². The van der Waals surface area contributed by atoms with Crippen LogP contribution in [0, 0.1) is 9.39 Å². The van der Waals surface area contributed by atoms with Crippen LogP contribution in [0.3, 0.4) is 0 Å². The number of piperidine rings is 1. The Balaban J connectivity index is 2.21. The number of hydrogen-bond donors (Lipinski definition) is 1. The minimum Gasteiger partial charge on any atom is -0.316 e. The Morgan fingerprint density at radius 3 is 2.86 bits per heavy atom. The summed E-state index contributed by atoms with van der Waals surface area (Å²) in [6.07, 6.45) is 2.37. The lowest BCUT2D eigenvalue weighted by atomic mass is 9.92. The Bertz CT molecular complexity index is 301. The molecule has 0 aliphatic carbocycles. The van der Waals surface area contributed by atoms with E-state index in [1.807, 2.05) is 0 Å². The second kappa shape index (κ2) is 4.57. The zero-order valence-corrected chi connectivity index (χ0v) is 10.1. The molecule has 3 heteroatoms. The Labute approximate surface area is 97.2 Å². The molecule has 0 amide bonds. The first kappa shape index (κ1) is 10.4. The van der Waals surface area contributed by atoms with Crippen LogP contribution in [0.25, 0.3) is 0 Å². The highest BCUT2D eigenvalue weighted by Gasteiger charge is 2.15. The molecule has 1 saturated heterocycles. The lowest BCUT2D eigenvalue weighted by Gasteiger charge is -2.23. The summed E-state index contributed by atoms with van der Waals surface area (Å²) in [5, 5.41) is 3.35. The molecule has 1 aliphatic rings. The fourth-order valence-electron chi connectivity index (χ4n) is 1.95. The maximum absolute atomic E-state index is 13.2. The molecule has 76 valence electrons. The van der Waals surface area contributed by atoms with Gasteiger partial charge < -0.3 is 5.32 Å². The second-order valence-corrected chi connectivity index (χ2v) is 4.99. The Morgan fingerprint density at radius 2 is 2.21 bits per heavy atom. The summed E-state index contributed by atoms with van der Waals surface area (Å²) in [7, 11) is 0. The highest BCUT2D eigenvalue weighted by Crippen LogP contribution is 2.25. The van der Waals surface area contributed by atoms with Crippen LogP contribution >= 0.6 is 22.6 Å². The van der Waals surface area contributed by atoms with Gasteiger partial charge in [-0.3, -0.25) is 0 Å². The Morgan fingerprint density at radius 1 is 1.36 bits per heavy atom. The molecule has 0 aromatic heterocycles. The predicted molar refractivity (Wildman–Crippen MR) is 64.0 cm³/mol. The molecule has 1 fully saturated rings. The molecular weight excluding hydrogens is 292 g/mol. The van der Waals surface area contributed by atoms with Crippen molar-refractivity contribution in [2.75, 3.05) is 13.1 Å². The molecule has 1 aliphatic heterocycles. The standard InChI is InChI=1S/C11H13FIN/c12-10-4-9(5-11(13)6-10)8-2-1-3-14-7-8/h4-6,8,14H,1-3,7H2. The van der Waals surface area contributed by atoms with Gasteiger partial charge in [0.25, 0.3) is 0 Å². The first-order valence-corrected chi connectivity index (χ1v) is 6.00. The molecule has 1 atom stereocenters. The summed E-state index contributed by atoms with van der Waals surface area (Å²) < 4.78 is 14.1. The van der Waals surface area contributed by atoms with Crippen molar-refractivity contribution in [2.24, 2.45) is 0 Å². The van der Waals surface area contributed by atoms with Crippen molar-refractivity contribution in [3.05, 3.63) is 33.1 Å². The number of hydrogen-bond acceptors (Lipinski definition) is 1. The van der Waals surface area contributed by atoms with Crippen molar-refractivity contribution in [2.45, 2.75) is 18.8 Å². The molecule has 14 heavy (non-hydrogen) atoms. The molecule has 0 bridgehead atoms. The van der Waals surface area contributed by atoms with Crippen molar-refractivity contribution in [1.82, 2.24) is 5.32 Å². The minimum absolute atomic E-state index is 0.113. The van der Waals surface area contributed by atoms with Gasteiger partial charge in [-0.1, -0.05) is 0 Å². The van der Waals surface area contributed by atoms with Crippen molar-refractivity contribution in [3.63, 3.8) is 0 Å². The van der Waals surface area contributed by atoms with Crippen molar-refractivity contribution < 1.29 is 4.39 Å². The molecule has 0 spiro atoms. The van der Waals surface area contributed by atoms with Gasteiger partial charge in [-0.2, -0.15) is 0 Å². The summed E-state index contributed by atoms with van der Waals surface area (Å²) in [5.74, 6) is 0.380. The van der Waals surface area contributed by atoms with Crippen molar-refractivity contribution in [3.8, 4) is 0 Å². The lowest BCUT2D eigenvalue weighted by molar-refractivity contribution is 0.459. The van der Waals surface area contributed by atoms with Crippen molar-refractivity contribution >= 4 is 22.6 Å². The van der Waals surface area contributed by atoms with Crippen LogP contribution in [0.5, 0.6) is 0 Å². The molecule has 1 aromatic carbocycles. The van der Waals surface area contributed by atoms with E-state index in [0.717, 1.165) is 22.2 Å². The molecule has 1 N–H and O–H groups in total. The number of rotatable bonds is 1. The second-order valence-electron chi connectivity index (χ2n) is 3.75. The lowest BCUT2D eigenvalue weighted by Crippen LogP contribution is -2.28. The van der Waals surface area contributed by atoms with Gasteiger partial charge >= 0.3 is 0 Å². The van der Waals surface area contributed by atoms with Gasteiger partial charge in [-0.15, -0.1) is 0 Å². The van der Waals surface area contributed by atoms with E-state index in [1.54, 1.807) is 12.1 Å². The predicted octanol–water partition coefficient (Wildman–Crippen LogP) is 2.90. The topological polar surface area (TPSA) is 12.0 Å². The summed E-state index contributed by atoms with van der Waals surface area (Å²) in [6.45, 7) is 2.09. The molecule has 1 heterocycles. The van der Waals surface area contributed by atoms with E-state index in [4.69, 9.17) is 0 Å². The molecule has 2 rings (SSSR count). The van der Waals surface area contributed by atoms with Crippen LogP contribution in [-0.2, 0) is 0 Å². The maximum Gasteiger partial charge on any atom is 0.124 e. The summed E-state index contributed by atoms with van der Waals surface area (Å²) in [6, 6.07) is 5.32. The van der Waals surface area contributed by atoms with Gasteiger partial charge in [0.05, 0.1) is 0 Å². The summed E-state index contributed by atoms with van der Waals surface area (Å²) in [5.41, 5.74) is 1.14. The zero-order chi connectivity index (χ0) is 9.97. The molecule has 0 radical (unpaired) electrons. The van der Waals surface area contributed by atoms with Gasteiger partial charge in [0.2, 0.25) is 0 Å². The molecule has 1 nitrogen and oxygen atoms in total. The quantitative estimate of drug-likeness (QED) is 0.787. The van der Waals surface area contributed by atoms with Crippen LogP contribution in [0.15, 0.2) is 18.2 Å². The van der Waals surface area contributed by atoms with Gasteiger partial charge in [0.1, 0.15) is 5.82 Å². The average Bonchev–Trinajstić information content (AvgIpc) is 2.18. The third-order valence-electron chi connectivity index (χ3n) is 2.65. The van der Waals surface area contributed by atoms with E-state index in [-0.39, 0.29) is 5.82 Å². The molecular formula is C11H13FIN. The Hall–Kier alpha value is -0.160. The molecule has 1 unspecified atom stereocenters. The third-order valence-corrected chi connectivity index (χ3v) is 3.28. The average molecular weight is 305 g/mol. The van der Waals surface area contributed by atoms with Crippen LogP contribution in [0.1, 0.15) is 24.3 Å². The fraction of sp³-hybridized carbons (Fsp3) is 0.455. The molecule has 1 aromatic rings. The largest absolute Gasteiger partial charge is 0.316 e. The van der Waals surface area contributed by atoms with Gasteiger partial charge in [-0.05, 0) is 71.7 Å². The zero-order valence-electron chi connectivity index (χ0n) is 7.89. The number of benzene rings is 1. The fourth-order valence-corrected chi connectivity index (χ4v) is 2.60. The normalized spacial score (nSPS) is 22.3. The maximum atomic E-state index is 13.2. The molecule has 0 saturated carbocycles. The summed E-state index contributed by atoms with van der Waals surface area (Å²) >= 11 is 2.17. The number of halogens is 2. The Kier molecular flexibility index (Phi) is 3.38. The first-order valence-electron chi connectivity index (χ1n) is 4.92. The van der Waals surface area contributed by atoms with Gasteiger partial charge in [0, 0.05) is 10.1 Å².